The molecule has 0 aliphatic carbocycles. The maximum Gasteiger partial charge on any atom is 0.185 e. The Hall–Kier alpha value is -0.260. The van der Waals surface area contributed by atoms with Crippen LogP contribution in [0.3, 0.4) is 0 Å². The van der Waals surface area contributed by atoms with E-state index in [1.165, 1.54) is 27.9 Å². The molecule has 0 bridgehead atoms. The lowest BCUT2D eigenvalue weighted by Gasteiger charge is -2.22. The summed E-state index contributed by atoms with van der Waals surface area (Å²) in [6, 6.07) is 0. The largest absolute Gasteiger partial charge is 0.347 e. The SMILES string of the molecule is CNCc1sc(N2CCSC(C)(C)CC2)nc1C. The fourth-order valence-corrected chi connectivity index (χ4v) is 4.31. The van der Waals surface area contributed by atoms with Gasteiger partial charge in [-0.05, 0) is 20.4 Å². The molecule has 5 heteroatoms. The van der Waals surface area contributed by atoms with Gasteiger partial charge >= 0.3 is 0 Å². The Kier molecular flexibility index (Phi) is 4.56. The van der Waals surface area contributed by atoms with Gasteiger partial charge in [-0.15, -0.1) is 11.3 Å². The minimum absolute atomic E-state index is 0.412. The van der Waals surface area contributed by atoms with E-state index in [0.717, 1.165) is 19.6 Å². The second-order valence-corrected chi connectivity index (χ2v) is 8.24. The van der Waals surface area contributed by atoms with Crippen LogP contribution < -0.4 is 10.2 Å². The van der Waals surface area contributed by atoms with Crippen LogP contribution in [0, 0.1) is 6.92 Å². The van der Waals surface area contributed by atoms with Gasteiger partial charge in [-0.1, -0.05) is 13.8 Å². The first kappa shape index (κ1) is 14.2. The number of hydrogen-bond donors (Lipinski definition) is 1. The zero-order valence-electron chi connectivity index (χ0n) is 11.7. The molecule has 0 radical (unpaired) electrons. The van der Waals surface area contributed by atoms with E-state index in [-0.39, 0.29) is 0 Å². The smallest absolute Gasteiger partial charge is 0.185 e. The molecule has 0 amide bonds. The second-order valence-electron chi connectivity index (χ2n) is 5.38. The fourth-order valence-electron chi connectivity index (χ4n) is 2.08. The molecule has 1 aromatic heterocycles. The molecule has 0 spiro atoms. The van der Waals surface area contributed by atoms with Crippen molar-refractivity contribution in [2.75, 3.05) is 30.8 Å². The van der Waals surface area contributed by atoms with Gasteiger partial charge in [0.25, 0.3) is 0 Å². The standard InChI is InChI=1S/C13H23N3S2/c1-10-11(9-14-4)18-12(15-10)16-6-5-13(2,3)17-8-7-16/h14H,5-9H2,1-4H3. The molecule has 0 aromatic carbocycles. The van der Waals surface area contributed by atoms with Crippen LogP contribution in [0.25, 0.3) is 0 Å². The Bertz CT molecular complexity index is 401. The third kappa shape index (κ3) is 3.39. The van der Waals surface area contributed by atoms with E-state index in [1.807, 2.05) is 18.4 Å². The van der Waals surface area contributed by atoms with Crippen molar-refractivity contribution in [2.24, 2.45) is 0 Å². The van der Waals surface area contributed by atoms with E-state index < -0.39 is 0 Å². The lowest BCUT2D eigenvalue weighted by molar-refractivity contribution is 0.637. The zero-order chi connectivity index (χ0) is 13.2. The van der Waals surface area contributed by atoms with Crippen molar-refractivity contribution in [3.63, 3.8) is 0 Å². The number of hydrogen-bond acceptors (Lipinski definition) is 5. The van der Waals surface area contributed by atoms with E-state index in [1.54, 1.807) is 0 Å². The minimum Gasteiger partial charge on any atom is -0.347 e. The monoisotopic (exact) mass is 285 g/mol. The summed E-state index contributed by atoms with van der Waals surface area (Å²) >= 11 is 3.93. The normalized spacial score (nSPS) is 19.9. The van der Waals surface area contributed by atoms with Crippen molar-refractivity contribution < 1.29 is 0 Å². The molecule has 0 saturated carbocycles. The summed E-state index contributed by atoms with van der Waals surface area (Å²) in [5.74, 6) is 1.20. The first-order valence-electron chi connectivity index (χ1n) is 6.51. The molecular weight excluding hydrogens is 262 g/mol. The van der Waals surface area contributed by atoms with Crippen LogP contribution >= 0.6 is 23.1 Å². The number of aromatic nitrogens is 1. The zero-order valence-corrected chi connectivity index (χ0v) is 13.4. The van der Waals surface area contributed by atoms with Crippen molar-refractivity contribution in [1.82, 2.24) is 10.3 Å². The number of rotatable bonds is 3. The van der Waals surface area contributed by atoms with Gasteiger partial charge in [0.2, 0.25) is 0 Å². The molecule has 1 aliphatic rings. The molecule has 0 unspecified atom stereocenters. The number of anilines is 1. The maximum atomic E-state index is 4.74. The quantitative estimate of drug-likeness (QED) is 0.924. The lowest BCUT2D eigenvalue weighted by Crippen LogP contribution is -2.26. The highest BCUT2D eigenvalue weighted by molar-refractivity contribution is 8.00. The molecule has 1 N–H and O–H groups in total. The summed E-state index contributed by atoms with van der Waals surface area (Å²) in [5, 5.41) is 4.42. The average Bonchev–Trinajstić information content (AvgIpc) is 2.55. The molecule has 2 heterocycles. The summed E-state index contributed by atoms with van der Waals surface area (Å²) in [7, 11) is 1.99. The van der Waals surface area contributed by atoms with E-state index in [9.17, 15) is 0 Å². The van der Waals surface area contributed by atoms with Crippen LogP contribution in [0.1, 0.15) is 30.8 Å². The van der Waals surface area contributed by atoms with Gasteiger partial charge < -0.3 is 10.2 Å². The molecule has 2 rings (SSSR count). The predicted molar refractivity (Wildman–Crippen MR) is 83.0 cm³/mol. The van der Waals surface area contributed by atoms with Crippen molar-refractivity contribution in [3.05, 3.63) is 10.6 Å². The molecule has 1 fully saturated rings. The third-order valence-electron chi connectivity index (χ3n) is 3.33. The van der Waals surface area contributed by atoms with Crippen LogP contribution in [-0.4, -0.2) is 35.6 Å². The average molecular weight is 285 g/mol. The van der Waals surface area contributed by atoms with Crippen LogP contribution in [0.4, 0.5) is 5.13 Å². The molecule has 18 heavy (non-hydrogen) atoms. The Morgan fingerprint density at radius 2 is 2.17 bits per heavy atom. The van der Waals surface area contributed by atoms with Crippen molar-refractivity contribution in [3.8, 4) is 0 Å². The molecular formula is C13H23N3S2. The van der Waals surface area contributed by atoms with Crippen LogP contribution in [-0.2, 0) is 6.54 Å². The van der Waals surface area contributed by atoms with Crippen LogP contribution in [0.5, 0.6) is 0 Å². The van der Waals surface area contributed by atoms with Crippen molar-refractivity contribution in [2.45, 2.75) is 38.5 Å². The van der Waals surface area contributed by atoms with E-state index in [4.69, 9.17) is 4.98 Å². The van der Waals surface area contributed by atoms with Gasteiger partial charge in [-0.2, -0.15) is 11.8 Å². The number of nitrogens with zero attached hydrogens (tertiary/aromatic N) is 2. The molecule has 102 valence electrons. The van der Waals surface area contributed by atoms with Gasteiger partial charge in [0.15, 0.2) is 5.13 Å². The van der Waals surface area contributed by atoms with E-state index in [0.29, 0.717) is 4.75 Å². The Morgan fingerprint density at radius 3 is 2.89 bits per heavy atom. The molecule has 0 atom stereocenters. The van der Waals surface area contributed by atoms with E-state index >= 15 is 0 Å². The number of aryl methyl sites for hydroxylation is 1. The highest BCUT2D eigenvalue weighted by atomic mass is 32.2. The van der Waals surface area contributed by atoms with Gasteiger partial charge in [0, 0.05) is 35.0 Å². The van der Waals surface area contributed by atoms with Crippen molar-refractivity contribution in [1.29, 1.82) is 0 Å². The van der Waals surface area contributed by atoms with Gasteiger partial charge in [-0.25, -0.2) is 4.98 Å². The summed E-state index contributed by atoms with van der Waals surface area (Å²) < 4.78 is 0.412. The van der Waals surface area contributed by atoms with Gasteiger partial charge in [-0.3, -0.25) is 0 Å². The van der Waals surface area contributed by atoms with Crippen LogP contribution in [0.15, 0.2) is 0 Å². The number of nitrogens with one attached hydrogen (secondary N) is 1. The molecule has 3 nitrogen and oxygen atoms in total. The second kappa shape index (κ2) is 5.80. The molecule has 1 aliphatic heterocycles. The maximum absolute atomic E-state index is 4.74. The Balaban J connectivity index is 2.09. The Labute approximate surface area is 118 Å². The minimum atomic E-state index is 0.412. The van der Waals surface area contributed by atoms with Gasteiger partial charge in [0.1, 0.15) is 0 Å². The topological polar surface area (TPSA) is 28.2 Å². The first-order chi connectivity index (χ1) is 8.52. The fraction of sp³-hybridized carbons (Fsp3) is 0.769. The summed E-state index contributed by atoms with van der Waals surface area (Å²) in [6.45, 7) is 9.99. The van der Waals surface area contributed by atoms with E-state index in [2.05, 4.69) is 42.7 Å². The number of thiazole rings is 1. The Morgan fingerprint density at radius 1 is 1.39 bits per heavy atom. The van der Waals surface area contributed by atoms with Crippen LogP contribution in [0.2, 0.25) is 0 Å². The molecule has 1 aromatic rings. The summed E-state index contributed by atoms with van der Waals surface area (Å²) in [5.41, 5.74) is 1.18. The highest BCUT2D eigenvalue weighted by Gasteiger charge is 2.25. The highest BCUT2D eigenvalue weighted by Crippen LogP contribution is 2.34. The molecule has 1 saturated heterocycles. The third-order valence-corrected chi connectivity index (χ3v) is 5.92. The lowest BCUT2D eigenvalue weighted by atomic mass is 10.1. The summed E-state index contributed by atoms with van der Waals surface area (Å²) in [4.78, 5) is 8.56. The number of thioether (sulfide) groups is 1. The first-order valence-corrected chi connectivity index (χ1v) is 8.32. The van der Waals surface area contributed by atoms with Crippen molar-refractivity contribution >= 4 is 28.2 Å². The summed E-state index contributed by atoms with van der Waals surface area (Å²) in [6.07, 6.45) is 1.23. The van der Waals surface area contributed by atoms with Gasteiger partial charge in [0.05, 0.1) is 5.69 Å². The predicted octanol–water partition coefficient (Wildman–Crippen LogP) is 2.89.